The Hall–Kier alpha value is -0.630. The summed E-state index contributed by atoms with van der Waals surface area (Å²) in [6.45, 7) is 3.93. The summed E-state index contributed by atoms with van der Waals surface area (Å²) in [5.74, 6) is 1.36. The van der Waals surface area contributed by atoms with Crippen molar-refractivity contribution in [2.75, 3.05) is 5.75 Å². The maximum atomic E-state index is 6.05. The van der Waals surface area contributed by atoms with Gasteiger partial charge in [-0.2, -0.15) is 0 Å². The van der Waals surface area contributed by atoms with Crippen LogP contribution in [0.1, 0.15) is 24.9 Å². The van der Waals surface area contributed by atoms with Crippen LogP contribution in [0.25, 0.3) is 5.65 Å². The highest BCUT2D eigenvalue weighted by Gasteiger charge is 2.51. The van der Waals surface area contributed by atoms with Crippen molar-refractivity contribution in [3.63, 3.8) is 0 Å². The number of thioether (sulfide) groups is 1. The topological polar surface area (TPSA) is 48.7 Å². The van der Waals surface area contributed by atoms with Gasteiger partial charge in [0.25, 0.3) is 0 Å². The van der Waals surface area contributed by atoms with Crippen molar-refractivity contribution in [1.82, 2.24) is 14.6 Å². The van der Waals surface area contributed by atoms with E-state index in [4.69, 9.17) is 9.47 Å². The third-order valence-corrected chi connectivity index (χ3v) is 5.61. The molecule has 2 fully saturated rings. The fraction of sp³-hybridized carbons (Fsp3) is 0.538. The first-order chi connectivity index (χ1) is 9.55. The van der Waals surface area contributed by atoms with Crippen LogP contribution in [0.5, 0.6) is 0 Å². The summed E-state index contributed by atoms with van der Waals surface area (Å²) in [6.07, 6.45) is 2.17. The van der Waals surface area contributed by atoms with E-state index in [0.717, 1.165) is 21.7 Å². The standard InChI is InChI=1S/C13H14BrN3O2S/c1-13(2)18-8-6-20-10(9(8)19-13)12-16-15-11-7(14)4-3-5-17(11)12/h3-5,8-10H,6H2,1-2H3/t8?,9-,10+/m0/s1. The SMILES string of the molecule is CC1(C)OC2CS[C@@H](c3nnc4c(Br)cccn34)[C@H]2O1. The van der Waals surface area contributed by atoms with Crippen molar-refractivity contribution < 1.29 is 9.47 Å². The van der Waals surface area contributed by atoms with Crippen LogP contribution in [-0.2, 0) is 9.47 Å². The molecule has 0 aromatic carbocycles. The van der Waals surface area contributed by atoms with Crippen molar-refractivity contribution in [2.24, 2.45) is 0 Å². The van der Waals surface area contributed by atoms with Crippen LogP contribution in [0.3, 0.4) is 0 Å². The predicted molar refractivity (Wildman–Crippen MR) is 79.7 cm³/mol. The van der Waals surface area contributed by atoms with Gasteiger partial charge in [0, 0.05) is 11.9 Å². The Bertz CT molecular complexity index is 675. The van der Waals surface area contributed by atoms with Gasteiger partial charge in [0.15, 0.2) is 17.3 Å². The monoisotopic (exact) mass is 355 g/mol. The van der Waals surface area contributed by atoms with Crippen LogP contribution in [-0.4, -0.2) is 38.3 Å². The molecule has 4 rings (SSSR count). The molecular weight excluding hydrogens is 342 g/mol. The fourth-order valence-electron chi connectivity index (χ4n) is 2.86. The minimum atomic E-state index is -0.504. The fourth-order valence-corrected chi connectivity index (χ4v) is 4.67. The first kappa shape index (κ1) is 13.1. The lowest BCUT2D eigenvalue weighted by Crippen LogP contribution is -2.24. The molecule has 4 heterocycles. The van der Waals surface area contributed by atoms with Crippen molar-refractivity contribution in [1.29, 1.82) is 0 Å². The summed E-state index contributed by atoms with van der Waals surface area (Å²) < 4.78 is 15.0. The van der Waals surface area contributed by atoms with Crippen molar-refractivity contribution in [3.8, 4) is 0 Å². The summed E-state index contributed by atoms with van der Waals surface area (Å²) in [6, 6.07) is 3.95. The largest absolute Gasteiger partial charge is 0.344 e. The Labute approximate surface area is 129 Å². The van der Waals surface area contributed by atoms with E-state index in [1.54, 1.807) is 0 Å². The van der Waals surface area contributed by atoms with Crippen molar-refractivity contribution >= 4 is 33.3 Å². The number of hydrogen-bond acceptors (Lipinski definition) is 5. The summed E-state index contributed by atoms with van der Waals surface area (Å²) in [4.78, 5) is 0. The van der Waals surface area contributed by atoms with Gasteiger partial charge in [-0.05, 0) is 41.9 Å². The number of nitrogens with zero attached hydrogens (tertiary/aromatic N) is 3. The molecule has 0 aliphatic carbocycles. The first-order valence-corrected chi connectivity index (χ1v) is 8.36. The number of ether oxygens (including phenoxy) is 2. The average Bonchev–Trinajstić information content (AvgIpc) is 3.01. The third kappa shape index (κ3) is 1.91. The maximum Gasteiger partial charge on any atom is 0.175 e. The van der Waals surface area contributed by atoms with Gasteiger partial charge in [0.2, 0.25) is 0 Å². The zero-order valence-electron chi connectivity index (χ0n) is 11.1. The summed E-state index contributed by atoms with van der Waals surface area (Å²) in [5, 5.41) is 8.80. The normalized spacial score (nSPS) is 31.9. The van der Waals surface area contributed by atoms with Crippen LogP contribution < -0.4 is 0 Å². The van der Waals surface area contributed by atoms with E-state index in [0.29, 0.717) is 0 Å². The Kier molecular flexibility index (Phi) is 2.89. The van der Waals surface area contributed by atoms with Crippen LogP contribution in [0.15, 0.2) is 22.8 Å². The smallest absolute Gasteiger partial charge is 0.175 e. The van der Waals surface area contributed by atoms with Gasteiger partial charge in [0.1, 0.15) is 6.10 Å². The van der Waals surface area contributed by atoms with E-state index in [1.165, 1.54) is 0 Å². The van der Waals surface area contributed by atoms with Gasteiger partial charge < -0.3 is 9.47 Å². The number of fused-ring (bicyclic) bond motifs is 2. The summed E-state index contributed by atoms with van der Waals surface area (Å²) >= 11 is 5.33. The highest BCUT2D eigenvalue weighted by molar-refractivity contribution is 9.10. The van der Waals surface area contributed by atoms with E-state index in [-0.39, 0.29) is 17.5 Å². The van der Waals surface area contributed by atoms with E-state index in [2.05, 4.69) is 26.1 Å². The highest BCUT2D eigenvalue weighted by atomic mass is 79.9. The molecule has 0 N–H and O–H groups in total. The van der Waals surface area contributed by atoms with Gasteiger partial charge in [-0.3, -0.25) is 4.40 Å². The van der Waals surface area contributed by atoms with Gasteiger partial charge in [-0.1, -0.05) is 0 Å². The van der Waals surface area contributed by atoms with Crippen LogP contribution in [0.2, 0.25) is 0 Å². The molecule has 0 saturated carbocycles. The van der Waals surface area contributed by atoms with Crippen LogP contribution in [0.4, 0.5) is 0 Å². The Balaban J connectivity index is 1.75. The minimum Gasteiger partial charge on any atom is -0.344 e. The number of rotatable bonds is 1. The Morgan fingerprint density at radius 2 is 2.25 bits per heavy atom. The molecular formula is C13H14BrN3O2S. The second kappa shape index (κ2) is 4.43. The molecule has 1 unspecified atom stereocenters. The third-order valence-electron chi connectivity index (χ3n) is 3.63. The first-order valence-electron chi connectivity index (χ1n) is 6.51. The Morgan fingerprint density at radius 3 is 3.10 bits per heavy atom. The van der Waals surface area contributed by atoms with Gasteiger partial charge >= 0.3 is 0 Å². The predicted octanol–water partition coefficient (Wildman–Crippen LogP) is 2.80. The van der Waals surface area contributed by atoms with E-state index in [1.807, 2.05) is 48.3 Å². The molecule has 7 heteroatoms. The van der Waals surface area contributed by atoms with E-state index in [9.17, 15) is 0 Å². The molecule has 20 heavy (non-hydrogen) atoms. The lowest BCUT2D eigenvalue weighted by Gasteiger charge is -2.20. The van der Waals surface area contributed by atoms with Gasteiger partial charge in [0.05, 0.1) is 15.8 Å². The van der Waals surface area contributed by atoms with Gasteiger partial charge in [-0.25, -0.2) is 0 Å². The van der Waals surface area contributed by atoms with Crippen molar-refractivity contribution in [3.05, 3.63) is 28.6 Å². The molecule has 3 atom stereocenters. The minimum absolute atomic E-state index is 0.0429. The zero-order chi connectivity index (χ0) is 13.9. The Morgan fingerprint density at radius 1 is 1.40 bits per heavy atom. The molecule has 0 radical (unpaired) electrons. The van der Waals surface area contributed by atoms with Crippen molar-refractivity contribution in [2.45, 2.75) is 37.1 Å². The van der Waals surface area contributed by atoms with Crippen LogP contribution in [0, 0.1) is 0 Å². The summed E-state index contributed by atoms with van der Waals surface area (Å²) in [5.41, 5.74) is 0.838. The molecule has 5 nitrogen and oxygen atoms in total. The second-order valence-electron chi connectivity index (χ2n) is 5.50. The number of pyridine rings is 1. The molecule has 2 aromatic rings. The zero-order valence-corrected chi connectivity index (χ0v) is 13.5. The lowest BCUT2D eigenvalue weighted by atomic mass is 10.1. The molecule has 2 aliphatic heterocycles. The van der Waals surface area contributed by atoms with Gasteiger partial charge in [-0.15, -0.1) is 22.0 Å². The van der Waals surface area contributed by atoms with E-state index < -0.39 is 5.79 Å². The molecule has 0 bridgehead atoms. The van der Waals surface area contributed by atoms with E-state index >= 15 is 0 Å². The second-order valence-corrected chi connectivity index (χ2v) is 7.53. The molecule has 2 aromatic heterocycles. The maximum absolute atomic E-state index is 6.05. The molecule has 0 amide bonds. The number of halogens is 1. The highest BCUT2D eigenvalue weighted by Crippen LogP contribution is 2.48. The number of hydrogen-bond donors (Lipinski definition) is 0. The molecule has 106 valence electrons. The summed E-state index contributed by atoms with van der Waals surface area (Å²) in [7, 11) is 0. The van der Waals surface area contributed by atoms with Crippen LogP contribution >= 0.6 is 27.7 Å². The lowest BCUT2D eigenvalue weighted by molar-refractivity contribution is -0.145. The molecule has 2 saturated heterocycles. The number of aromatic nitrogens is 3. The average molecular weight is 356 g/mol. The molecule has 0 spiro atoms. The quantitative estimate of drug-likeness (QED) is 0.787. The molecule has 2 aliphatic rings.